The van der Waals surface area contributed by atoms with Crippen LogP contribution in [0, 0.1) is 13.8 Å². The quantitative estimate of drug-likeness (QED) is 0.630. The first kappa shape index (κ1) is 21.8. The normalized spacial score (nSPS) is 18.5. The fourth-order valence-corrected chi connectivity index (χ4v) is 5.41. The van der Waals surface area contributed by atoms with Crippen molar-refractivity contribution < 1.29 is 22.5 Å². The predicted octanol–water partition coefficient (Wildman–Crippen LogP) is 1.57. The van der Waals surface area contributed by atoms with E-state index in [-0.39, 0.29) is 16.6 Å². The average molecular weight is 449 g/mol. The maximum atomic E-state index is 12.8. The first-order valence-electron chi connectivity index (χ1n) is 10.5. The number of aryl methyl sites for hydroxylation is 2. The Morgan fingerprint density at radius 2 is 1.84 bits per heavy atom. The molecule has 0 radical (unpaired) electrons. The van der Waals surface area contributed by atoms with Gasteiger partial charge in [-0.1, -0.05) is 17.3 Å². The zero-order valence-electron chi connectivity index (χ0n) is 17.8. The van der Waals surface area contributed by atoms with Crippen molar-refractivity contribution in [2.45, 2.75) is 37.0 Å². The number of morpholine rings is 1. The van der Waals surface area contributed by atoms with Gasteiger partial charge in [-0.25, -0.2) is 8.42 Å². The molecule has 2 heterocycles. The minimum absolute atomic E-state index is 0.0322. The fraction of sp³-hybridized carbons (Fsp3) is 0.524. The largest absolute Gasteiger partial charge is 0.379 e. The monoisotopic (exact) mass is 448 g/mol. The molecular formula is C21H28N4O5S. The van der Waals surface area contributed by atoms with Crippen LogP contribution >= 0.6 is 0 Å². The Morgan fingerprint density at radius 1 is 1.16 bits per heavy atom. The van der Waals surface area contributed by atoms with Crippen LogP contribution in [-0.4, -0.2) is 63.8 Å². The van der Waals surface area contributed by atoms with Crippen LogP contribution in [0.1, 0.15) is 29.9 Å². The van der Waals surface area contributed by atoms with Gasteiger partial charge in [-0.3, -0.25) is 14.4 Å². The Hall–Kier alpha value is -2.43. The van der Waals surface area contributed by atoms with E-state index in [4.69, 9.17) is 9.26 Å². The SMILES string of the molecule is Cc1noc(C)c1S(=O)(=O)Nc1ccc(C2(C(=O)NCCN3CCOCC3)CC2)cc1. The number of carbonyl (C=O) groups is 1. The third-order valence-corrected chi connectivity index (χ3v) is 7.55. The summed E-state index contributed by atoms with van der Waals surface area (Å²) in [6.45, 7) is 7.84. The summed E-state index contributed by atoms with van der Waals surface area (Å²) >= 11 is 0. The average Bonchev–Trinajstić information content (AvgIpc) is 3.48. The van der Waals surface area contributed by atoms with E-state index in [2.05, 4.69) is 20.1 Å². The molecule has 1 aliphatic carbocycles. The Balaban J connectivity index is 1.37. The lowest BCUT2D eigenvalue weighted by molar-refractivity contribution is -0.123. The van der Waals surface area contributed by atoms with E-state index in [0.717, 1.165) is 51.3 Å². The van der Waals surface area contributed by atoms with Gasteiger partial charge in [0.1, 0.15) is 5.69 Å². The molecule has 1 saturated heterocycles. The van der Waals surface area contributed by atoms with Gasteiger partial charge >= 0.3 is 0 Å². The molecule has 1 saturated carbocycles. The molecule has 2 N–H and O–H groups in total. The zero-order chi connectivity index (χ0) is 22.1. The van der Waals surface area contributed by atoms with Gasteiger partial charge in [0.15, 0.2) is 10.7 Å². The number of aromatic nitrogens is 1. The molecule has 31 heavy (non-hydrogen) atoms. The molecule has 10 heteroatoms. The standard InChI is InChI=1S/C21H28N4O5S/c1-15-19(16(2)30-23-15)31(27,28)24-18-5-3-17(4-6-18)21(7-8-21)20(26)22-9-10-25-11-13-29-14-12-25/h3-6,24H,7-14H2,1-2H3,(H,22,26). The number of hydrogen-bond acceptors (Lipinski definition) is 7. The summed E-state index contributed by atoms with van der Waals surface area (Å²) in [5.74, 6) is 0.275. The third kappa shape index (κ3) is 4.60. The van der Waals surface area contributed by atoms with Gasteiger partial charge in [0, 0.05) is 31.9 Å². The summed E-state index contributed by atoms with van der Waals surface area (Å²) in [6.07, 6.45) is 1.58. The fourth-order valence-electron chi connectivity index (χ4n) is 4.02. The number of amides is 1. The number of rotatable bonds is 8. The third-order valence-electron chi connectivity index (χ3n) is 5.93. The number of carbonyl (C=O) groups excluding carboxylic acids is 1. The molecule has 0 unspecified atom stereocenters. The van der Waals surface area contributed by atoms with E-state index in [0.29, 0.717) is 17.9 Å². The van der Waals surface area contributed by atoms with Crippen LogP contribution in [-0.2, 0) is 25.0 Å². The van der Waals surface area contributed by atoms with E-state index in [1.807, 2.05) is 12.1 Å². The smallest absolute Gasteiger partial charge is 0.267 e. The van der Waals surface area contributed by atoms with Gasteiger partial charge in [-0.15, -0.1) is 0 Å². The van der Waals surface area contributed by atoms with E-state index < -0.39 is 15.4 Å². The van der Waals surface area contributed by atoms with Gasteiger partial charge in [0.05, 0.1) is 18.6 Å². The van der Waals surface area contributed by atoms with Gasteiger partial charge < -0.3 is 14.6 Å². The van der Waals surface area contributed by atoms with Crippen molar-refractivity contribution in [2.75, 3.05) is 44.1 Å². The summed E-state index contributed by atoms with van der Waals surface area (Å²) in [7, 11) is -3.80. The number of benzene rings is 1. The first-order chi connectivity index (χ1) is 14.8. The number of nitrogens with zero attached hydrogens (tertiary/aromatic N) is 2. The number of nitrogens with one attached hydrogen (secondary N) is 2. The van der Waals surface area contributed by atoms with Crippen LogP contribution in [0.25, 0.3) is 0 Å². The molecule has 0 bridgehead atoms. The second-order valence-corrected chi connectivity index (χ2v) is 9.75. The van der Waals surface area contributed by atoms with Crippen molar-refractivity contribution in [2.24, 2.45) is 0 Å². The molecule has 1 aliphatic heterocycles. The summed E-state index contributed by atoms with van der Waals surface area (Å²) in [5.41, 5.74) is 1.13. The Kier molecular flexibility index (Phi) is 6.05. The summed E-state index contributed by atoms with van der Waals surface area (Å²) < 4.78 is 38.2. The summed E-state index contributed by atoms with van der Waals surface area (Å²) in [4.78, 5) is 15.2. The van der Waals surface area contributed by atoms with E-state index in [1.54, 1.807) is 26.0 Å². The van der Waals surface area contributed by atoms with Crippen LogP contribution in [0.5, 0.6) is 0 Å². The van der Waals surface area contributed by atoms with Crippen molar-refractivity contribution in [1.29, 1.82) is 0 Å². The molecule has 2 aliphatic rings. The van der Waals surface area contributed by atoms with Crippen molar-refractivity contribution >= 4 is 21.6 Å². The second-order valence-electron chi connectivity index (χ2n) is 8.13. The van der Waals surface area contributed by atoms with Crippen molar-refractivity contribution in [3.8, 4) is 0 Å². The molecule has 2 fully saturated rings. The van der Waals surface area contributed by atoms with Crippen molar-refractivity contribution in [3.63, 3.8) is 0 Å². The highest BCUT2D eigenvalue weighted by Crippen LogP contribution is 2.48. The lowest BCUT2D eigenvalue weighted by Gasteiger charge is -2.27. The number of ether oxygens (including phenoxy) is 1. The van der Waals surface area contributed by atoms with E-state index in [1.165, 1.54) is 0 Å². The lowest BCUT2D eigenvalue weighted by atomic mass is 9.95. The van der Waals surface area contributed by atoms with Gasteiger partial charge in [0.25, 0.3) is 10.0 Å². The molecule has 0 atom stereocenters. The van der Waals surface area contributed by atoms with Gasteiger partial charge in [0.2, 0.25) is 5.91 Å². The molecule has 9 nitrogen and oxygen atoms in total. The van der Waals surface area contributed by atoms with Crippen LogP contribution in [0.4, 0.5) is 5.69 Å². The second kappa shape index (κ2) is 8.60. The van der Waals surface area contributed by atoms with E-state index >= 15 is 0 Å². The zero-order valence-corrected chi connectivity index (χ0v) is 18.6. The minimum Gasteiger partial charge on any atom is -0.379 e. The highest BCUT2D eigenvalue weighted by atomic mass is 32.2. The topological polar surface area (TPSA) is 114 Å². The number of hydrogen-bond donors (Lipinski definition) is 2. The van der Waals surface area contributed by atoms with Crippen LogP contribution in [0.15, 0.2) is 33.7 Å². The predicted molar refractivity (Wildman–Crippen MR) is 114 cm³/mol. The molecule has 1 amide bonds. The van der Waals surface area contributed by atoms with Gasteiger partial charge in [-0.05, 0) is 44.4 Å². The molecule has 4 rings (SSSR count). The molecule has 168 valence electrons. The van der Waals surface area contributed by atoms with Crippen LogP contribution < -0.4 is 10.0 Å². The maximum absolute atomic E-state index is 12.8. The first-order valence-corrected chi connectivity index (χ1v) is 11.9. The molecule has 2 aromatic rings. The lowest BCUT2D eigenvalue weighted by Crippen LogP contribution is -2.43. The molecule has 1 aromatic heterocycles. The molecule has 1 aromatic carbocycles. The van der Waals surface area contributed by atoms with Crippen LogP contribution in [0.3, 0.4) is 0 Å². The Labute approximate surface area is 182 Å². The summed E-state index contributed by atoms with van der Waals surface area (Å²) in [6, 6.07) is 7.01. The molecule has 0 spiro atoms. The van der Waals surface area contributed by atoms with Gasteiger partial charge in [-0.2, -0.15) is 0 Å². The van der Waals surface area contributed by atoms with Crippen LogP contribution in [0.2, 0.25) is 0 Å². The number of sulfonamides is 1. The van der Waals surface area contributed by atoms with Crippen molar-refractivity contribution in [1.82, 2.24) is 15.4 Å². The minimum atomic E-state index is -3.80. The van der Waals surface area contributed by atoms with E-state index in [9.17, 15) is 13.2 Å². The molecular weight excluding hydrogens is 420 g/mol. The highest BCUT2D eigenvalue weighted by molar-refractivity contribution is 7.92. The maximum Gasteiger partial charge on any atom is 0.267 e. The highest BCUT2D eigenvalue weighted by Gasteiger charge is 2.51. The summed E-state index contributed by atoms with van der Waals surface area (Å²) in [5, 5.41) is 6.77. The van der Waals surface area contributed by atoms with Crippen molar-refractivity contribution in [3.05, 3.63) is 41.3 Å². The Morgan fingerprint density at radius 3 is 2.42 bits per heavy atom. The Bertz CT molecular complexity index is 1020. The number of anilines is 1.